The molecule has 21 heavy (non-hydrogen) atoms. The first-order valence-corrected chi connectivity index (χ1v) is 7.56. The lowest BCUT2D eigenvalue weighted by Crippen LogP contribution is -2.19. The molecule has 1 aliphatic carbocycles. The maximum Gasteiger partial charge on any atom is 0.121 e. The second-order valence-corrected chi connectivity index (χ2v) is 6.31. The molecule has 0 aliphatic heterocycles. The fraction of sp³-hybridized carbons (Fsp3) is 0.474. The summed E-state index contributed by atoms with van der Waals surface area (Å²) < 4.78 is 13.0. The highest BCUT2D eigenvalue weighted by Gasteiger charge is 2.26. The Kier molecular flexibility index (Phi) is 6.83. The Balaban J connectivity index is 2.78. The standard InChI is InChI=1S/C19H27FO/c1-15(7-5-9-17(20)12-14-21)10-11-18-16(2)8-6-13-19(18,3)4/h5,7,9-12,21H,6,8,13-14H2,1-4H3/b9-5-,11-10+,15-7+,17-12+. The van der Waals surface area contributed by atoms with Crippen LogP contribution in [0.5, 0.6) is 0 Å². The number of rotatable bonds is 5. The minimum atomic E-state index is -0.419. The summed E-state index contributed by atoms with van der Waals surface area (Å²) in [5.41, 5.74) is 4.22. The molecule has 0 atom stereocenters. The summed E-state index contributed by atoms with van der Waals surface area (Å²) >= 11 is 0. The van der Waals surface area contributed by atoms with Crippen LogP contribution in [0.15, 0.2) is 59.0 Å². The van der Waals surface area contributed by atoms with Crippen LogP contribution >= 0.6 is 0 Å². The number of halogens is 1. The van der Waals surface area contributed by atoms with Gasteiger partial charge in [-0.1, -0.05) is 49.3 Å². The third-order valence-electron chi connectivity index (χ3n) is 3.96. The quantitative estimate of drug-likeness (QED) is 0.670. The second-order valence-electron chi connectivity index (χ2n) is 6.31. The van der Waals surface area contributed by atoms with E-state index in [9.17, 15) is 4.39 Å². The highest BCUT2D eigenvalue weighted by Crippen LogP contribution is 2.40. The predicted octanol–water partition coefficient (Wildman–Crippen LogP) is 5.42. The van der Waals surface area contributed by atoms with E-state index < -0.39 is 5.83 Å². The Morgan fingerprint density at radius 1 is 1.33 bits per heavy atom. The molecule has 1 nitrogen and oxygen atoms in total. The van der Waals surface area contributed by atoms with Crippen LogP contribution < -0.4 is 0 Å². The number of allylic oxidation sites excluding steroid dienone is 9. The summed E-state index contributed by atoms with van der Waals surface area (Å²) in [5.74, 6) is -0.419. The van der Waals surface area contributed by atoms with E-state index in [1.807, 2.05) is 13.0 Å². The van der Waals surface area contributed by atoms with Gasteiger partial charge < -0.3 is 5.11 Å². The van der Waals surface area contributed by atoms with Gasteiger partial charge in [0.2, 0.25) is 0 Å². The van der Waals surface area contributed by atoms with Crippen LogP contribution in [0.3, 0.4) is 0 Å². The predicted molar refractivity (Wildman–Crippen MR) is 88.6 cm³/mol. The minimum Gasteiger partial charge on any atom is -0.392 e. The van der Waals surface area contributed by atoms with Crippen molar-refractivity contribution in [2.75, 3.05) is 6.61 Å². The van der Waals surface area contributed by atoms with Crippen molar-refractivity contribution in [1.29, 1.82) is 0 Å². The van der Waals surface area contributed by atoms with E-state index in [2.05, 4.69) is 32.9 Å². The van der Waals surface area contributed by atoms with Gasteiger partial charge in [0.15, 0.2) is 0 Å². The van der Waals surface area contributed by atoms with Gasteiger partial charge in [-0.25, -0.2) is 4.39 Å². The minimum absolute atomic E-state index is 0.241. The average molecular weight is 290 g/mol. The number of aliphatic hydroxyl groups is 1. The molecule has 0 saturated carbocycles. The van der Waals surface area contributed by atoms with Crippen LogP contribution in [0.25, 0.3) is 0 Å². The van der Waals surface area contributed by atoms with Gasteiger partial charge in [0.25, 0.3) is 0 Å². The Labute approximate surface area is 128 Å². The molecule has 0 heterocycles. The molecule has 1 N–H and O–H groups in total. The molecule has 0 aromatic rings. The molecule has 1 aliphatic rings. The first-order chi connectivity index (χ1) is 9.86. The Hall–Kier alpha value is -1.41. The van der Waals surface area contributed by atoms with Crippen LogP contribution in [-0.2, 0) is 0 Å². The molecule has 0 aromatic heterocycles. The first kappa shape index (κ1) is 17.6. The third-order valence-corrected chi connectivity index (χ3v) is 3.96. The van der Waals surface area contributed by atoms with Crippen molar-refractivity contribution in [2.24, 2.45) is 5.41 Å². The van der Waals surface area contributed by atoms with Crippen molar-refractivity contribution in [3.63, 3.8) is 0 Å². The van der Waals surface area contributed by atoms with Gasteiger partial charge in [0.05, 0.1) is 6.61 Å². The smallest absolute Gasteiger partial charge is 0.121 e. The zero-order valence-corrected chi connectivity index (χ0v) is 13.6. The Morgan fingerprint density at radius 3 is 2.67 bits per heavy atom. The van der Waals surface area contributed by atoms with Crippen LogP contribution in [0.1, 0.15) is 47.0 Å². The van der Waals surface area contributed by atoms with Gasteiger partial charge in [-0.15, -0.1) is 0 Å². The summed E-state index contributed by atoms with van der Waals surface area (Å²) in [6.45, 7) is 8.53. The SMILES string of the molecule is CC1=C(/C=C/C(C)=C/C=C\C(F)=C/CO)C(C)(C)CCC1. The Morgan fingerprint density at radius 2 is 2.05 bits per heavy atom. The lowest BCUT2D eigenvalue weighted by molar-refractivity contribution is 0.339. The molecule has 0 radical (unpaired) electrons. The lowest BCUT2D eigenvalue weighted by atomic mass is 9.72. The lowest BCUT2D eigenvalue weighted by Gasteiger charge is -2.32. The highest BCUT2D eigenvalue weighted by molar-refractivity contribution is 5.36. The van der Waals surface area contributed by atoms with Crippen molar-refractivity contribution in [2.45, 2.75) is 47.0 Å². The largest absolute Gasteiger partial charge is 0.392 e. The van der Waals surface area contributed by atoms with E-state index in [-0.39, 0.29) is 12.0 Å². The van der Waals surface area contributed by atoms with E-state index in [1.54, 1.807) is 6.08 Å². The maximum absolute atomic E-state index is 13.0. The molecule has 0 amide bonds. The molecule has 1 rings (SSSR count). The van der Waals surface area contributed by atoms with E-state index in [0.717, 1.165) is 11.6 Å². The van der Waals surface area contributed by atoms with Crippen LogP contribution in [-0.4, -0.2) is 11.7 Å². The van der Waals surface area contributed by atoms with Crippen LogP contribution in [0.2, 0.25) is 0 Å². The number of hydrogen-bond donors (Lipinski definition) is 1. The Bertz CT molecular complexity index is 502. The van der Waals surface area contributed by atoms with Gasteiger partial charge in [0, 0.05) is 0 Å². The third kappa shape index (κ3) is 5.84. The number of aliphatic hydroxyl groups excluding tert-OH is 1. The van der Waals surface area contributed by atoms with Crippen molar-refractivity contribution in [3.8, 4) is 0 Å². The summed E-state index contributed by atoms with van der Waals surface area (Å²) in [4.78, 5) is 0. The maximum atomic E-state index is 13.0. The van der Waals surface area contributed by atoms with Crippen molar-refractivity contribution in [1.82, 2.24) is 0 Å². The van der Waals surface area contributed by atoms with Crippen molar-refractivity contribution in [3.05, 3.63) is 59.0 Å². The molecule has 0 saturated heterocycles. The molecule has 116 valence electrons. The average Bonchev–Trinajstić information content (AvgIpc) is 2.37. The normalized spacial score (nSPS) is 20.9. The fourth-order valence-corrected chi connectivity index (χ4v) is 2.73. The molecule has 0 unspecified atom stereocenters. The van der Waals surface area contributed by atoms with Gasteiger partial charge in [-0.2, -0.15) is 0 Å². The molecular weight excluding hydrogens is 263 g/mol. The molecule has 0 fully saturated rings. The first-order valence-electron chi connectivity index (χ1n) is 7.56. The van der Waals surface area contributed by atoms with E-state index in [0.29, 0.717) is 0 Å². The van der Waals surface area contributed by atoms with Gasteiger partial charge in [0.1, 0.15) is 5.83 Å². The zero-order valence-electron chi connectivity index (χ0n) is 13.6. The van der Waals surface area contributed by atoms with E-state index >= 15 is 0 Å². The topological polar surface area (TPSA) is 20.2 Å². The molecule has 0 bridgehead atoms. The molecule has 0 spiro atoms. The van der Waals surface area contributed by atoms with Crippen molar-refractivity contribution >= 4 is 0 Å². The van der Waals surface area contributed by atoms with Crippen LogP contribution in [0, 0.1) is 5.41 Å². The highest BCUT2D eigenvalue weighted by atomic mass is 19.1. The molecule has 0 aromatic carbocycles. The van der Waals surface area contributed by atoms with Crippen LogP contribution in [0.4, 0.5) is 4.39 Å². The summed E-state index contributed by atoms with van der Waals surface area (Å²) in [7, 11) is 0. The summed E-state index contributed by atoms with van der Waals surface area (Å²) in [6, 6.07) is 0. The zero-order chi connectivity index (χ0) is 15.9. The fourth-order valence-electron chi connectivity index (χ4n) is 2.73. The second kappa shape index (κ2) is 8.14. The van der Waals surface area contributed by atoms with Gasteiger partial charge in [-0.05, 0) is 56.3 Å². The molecular formula is C19H27FO. The molecule has 2 heteroatoms. The summed E-state index contributed by atoms with van der Waals surface area (Å²) in [5, 5.41) is 8.57. The van der Waals surface area contributed by atoms with Gasteiger partial charge >= 0.3 is 0 Å². The summed E-state index contributed by atoms with van der Waals surface area (Å²) in [6.07, 6.45) is 14.0. The van der Waals surface area contributed by atoms with Gasteiger partial charge in [-0.3, -0.25) is 0 Å². The van der Waals surface area contributed by atoms with E-state index in [4.69, 9.17) is 5.11 Å². The monoisotopic (exact) mass is 290 g/mol. The van der Waals surface area contributed by atoms with E-state index in [1.165, 1.54) is 36.5 Å². The van der Waals surface area contributed by atoms with Crippen molar-refractivity contribution < 1.29 is 9.50 Å². The number of hydrogen-bond acceptors (Lipinski definition) is 1.